The van der Waals surface area contributed by atoms with E-state index in [0.29, 0.717) is 12.1 Å². The summed E-state index contributed by atoms with van der Waals surface area (Å²) in [6.07, 6.45) is 6.46. The van der Waals surface area contributed by atoms with Gasteiger partial charge in [-0.1, -0.05) is 49.6 Å². The molecule has 2 aromatic carbocycles. The Hall–Kier alpha value is -3.32. The molecule has 0 bridgehead atoms. The van der Waals surface area contributed by atoms with Gasteiger partial charge in [0.25, 0.3) is 0 Å². The first-order chi connectivity index (χ1) is 17.5. The molecular weight excluding hydrogens is 448 g/mol. The number of H-pyrrole nitrogens is 1. The normalized spacial score (nSPS) is 20.4. The standard InChI is InChI=1S/C29H38N6O/c1-20-19-35(16-15-31-20)29(32-23-8-3-2-4-9-23)33-24-13-11-21(12-14-24)25(18-28(30)36)27-17-22-7-5-6-10-26(22)34-27/h5-7,10-14,17,20,23,25,31,34H,2-4,8-9,15-16,18-19H2,1H3,(H2,30,36)(H,32,33)/t20-,25?/m0/s1. The Labute approximate surface area is 213 Å². The number of rotatable bonds is 6. The third-order valence-corrected chi connectivity index (χ3v) is 7.45. The van der Waals surface area contributed by atoms with E-state index in [1.165, 1.54) is 32.1 Å². The number of anilines is 1. The van der Waals surface area contributed by atoms with Crippen molar-refractivity contribution in [2.45, 2.75) is 63.5 Å². The highest BCUT2D eigenvalue weighted by Crippen LogP contribution is 2.31. The van der Waals surface area contributed by atoms with Crippen molar-refractivity contribution in [3.63, 3.8) is 0 Å². The van der Waals surface area contributed by atoms with E-state index in [1.807, 2.05) is 12.1 Å². The number of amides is 1. The predicted octanol–water partition coefficient (Wildman–Crippen LogP) is 4.57. The second-order valence-corrected chi connectivity index (χ2v) is 10.3. The molecule has 1 unspecified atom stereocenters. The maximum atomic E-state index is 11.9. The largest absolute Gasteiger partial charge is 0.370 e. The molecule has 5 rings (SSSR count). The van der Waals surface area contributed by atoms with Crippen LogP contribution in [0.15, 0.2) is 59.6 Å². The number of nitrogens with two attached hydrogens (primary N) is 1. The molecule has 2 heterocycles. The highest BCUT2D eigenvalue weighted by molar-refractivity contribution is 5.94. The van der Waals surface area contributed by atoms with E-state index in [2.05, 4.69) is 69.9 Å². The maximum absolute atomic E-state index is 11.9. The van der Waals surface area contributed by atoms with E-state index >= 15 is 0 Å². The van der Waals surface area contributed by atoms with Gasteiger partial charge in [-0.05, 0) is 55.0 Å². The number of benzene rings is 2. The molecule has 1 saturated heterocycles. The minimum Gasteiger partial charge on any atom is -0.370 e. The Balaban J connectivity index is 1.38. The Morgan fingerprint density at radius 3 is 2.64 bits per heavy atom. The van der Waals surface area contributed by atoms with E-state index in [-0.39, 0.29) is 18.2 Å². The number of piperazine rings is 1. The molecule has 1 aliphatic heterocycles. The molecule has 0 radical (unpaired) electrons. The SMILES string of the molecule is C[C@H]1CN(C(=NC2CCCCC2)Nc2ccc(C(CC(N)=O)c3cc4ccccc4[nH]3)cc2)CCN1. The van der Waals surface area contributed by atoms with Gasteiger partial charge < -0.3 is 26.3 Å². The van der Waals surface area contributed by atoms with E-state index in [1.54, 1.807) is 0 Å². The molecule has 2 atom stereocenters. The molecule has 5 N–H and O–H groups in total. The van der Waals surface area contributed by atoms with Gasteiger partial charge >= 0.3 is 0 Å². The van der Waals surface area contributed by atoms with Gasteiger partial charge in [-0.3, -0.25) is 4.79 Å². The van der Waals surface area contributed by atoms with E-state index < -0.39 is 0 Å². The molecule has 190 valence electrons. The smallest absolute Gasteiger partial charge is 0.218 e. The summed E-state index contributed by atoms with van der Waals surface area (Å²) in [6.45, 7) is 5.08. The highest BCUT2D eigenvalue weighted by Gasteiger charge is 2.23. The van der Waals surface area contributed by atoms with Gasteiger partial charge in [-0.15, -0.1) is 0 Å². The van der Waals surface area contributed by atoms with Gasteiger partial charge in [0.05, 0.1) is 6.04 Å². The number of carbonyl (C=O) groups excluding carboxylic acids is 1. The number of nitrogens with zero attached hydrogens (tertiary/aromatic N) is 2. The number of hydrogen-bond acceptors (Lipinski definition) is 3. The number of fused-ring (bicyclic) bond motifs is 1. The number of carbonyl (C=O) groups is 1. The van der Waals surface area contributed by atoms with Crippen LogP contribution in [0.4, 0.5) is 5.69 Å². The summed E-state index contributed by atoms with van der Waals surface area (Å²) in [7, 11) is 0. The Morgan fingerprint density at radius 2 is 1.92 bits per heavy atom. The lowest BCUT2D eigenvalue weighted by Crippen LogP contribution is -2.53. The zero-order chi connectivity index (χ0) is 24.9. The quantitative estimate of drug-likeness (QED) is 0.303. The number of guanidine groups is 1. The third-order valence-electron chi connectivity index (χ3n) is 7.45. The van der Waals surface area contributed by atoms with E-state index in [0.717, 1.165) is 53.4 Å². The van der Waals surface area contributed by atoms with Crippen molar-refractivity contribution in [1.82, 2.24) is 15.2 Å². The fourth-order valence-corrected chi connectivity index (χ4v) is 5.52. The van der Waals surface area contributed by atoms with Crippen LogP contribution in [0.1, 0.15) is 62.6 Å². The van der Waals surface area contributed by atoms with Crippen LogP contribution in [-0.4, -0.2) is 53.5 Å². The average molecular weight is 487 g/mol. The van der Waals surface area contributed by atoms with Crippen LogP contribution >= 0.6 is 0 Å². The molecule has 1 aromatic heterocycles. The van der Waals surface area contributed by atoms with Gasteiger partial charge in [0, 0.05) is 54.9 Å². The molecular formula is C29H38N6O. The number of aromatic amines is 1. The summed E-state index contributed by atoms with van der Waals surface area (Å²) in [5.74, 6) is 0.552. The molecule has 2 fully saturated rings. The van der Waals surface area contributed by atoms with Crippen molar-refractivity contribution in [2.75, 3.05) is 25.0 Å². The number of nitrogens with one attached hydrogen (secondary N) is 3. The van der Waals surface area contributed by atoms with Gasteiger partial charge in [-0.2, -0.15) is 0 Å². The molecule has 3 aromatic rings. The average Bonchev–Trinajstić information content (AvgIpc) is 3.32. The molecule has 1 aliphatic carbocycles. The molecule has 7 nitrogen and oxygen atoms in total. The highest BCUT2D eigenvalue weighted by atomic mass is 16.1. The summed E-state index contributed by atoms with van der Waals surface area (Å²) < 4.78 is 0. The van der Waals surface area contributed by atoms with Crippen LogP contribution < -0.4 is 16.4 Å². The van der Waals surface area contributed by atoms with E-state index in [4.69, 9.17) is 10.7 Å². The molecule has 1 amide bonds. The summed E-state index contributed by atoms with van der Waals surface area (Å²) in [5, 5.41) is 8.30. The summed E-state index contributed by atoms with van der Waals surface area (Å²) in [6, 6.07) is 19.5. The predicted molar refractivity (Wildman–Crippen MR) is 147 cm³/mol. The van der Waals surface area contributed by atoms with Crippen molar-refractivity contribution < 1.29 is 4.79 Å². The Morgan fingerprint density at radius 1 is 1.14 bits per heavy atom. The first-order valence-electron chi connectivity index (χ1n) is 13.3. The van der Waals surface area contributed by atoms with Crippen LogP contribution in [0.3, 0.4) is 0 Å². The second kappa shape index (κ2) is 11.2. The van der Waals surface area contributed by atoms with Crippen molar-refractivity contribution in [2.24, 2.45) is 10.7 Å². The molecule has 7 heteroatoms. The van der Waals surface area contributed by atoms with Crippen molar-refractivity contribution >= 4 is 28.5 Å². The topological polar surface area (TPSA) is 98.5 Å². The van der Waals surface area contributed by atoms with Gasteiger partial charge in [0.15, 0.2) is 5.96 Å². The second-order valence-electron chi connectivity index (χ2n) is 10.3. The molecule has 36 heavy (non-hydrogen) atoms. The molecule has 1 saturated carbocycles. The zero-order valence-electron chi connectivity index (χ0n) is 21.2. The lowest BCUT2D eigenvalue weighted by Gasteiger charge is -2.35. The molecule has 0 spiro atoms. The monoisotopic (exact) mass is 486 g/mol. The van der Waals surface area contributed by atoms with Gasteiger partial charge in [0.2, 0.25) is 5.91 Å². The van der Waals surface area contributed by atoms with Crippen LogP contribution in [0.5, 0.6) is 0 Å². The lowest BCUT2D eigenvalue weighted by atomic mass is 9.92. The number of aliphatic imine (C=N–C) groups is 1. The Bertz CT molecular complexity index is 1160. The number of para-hydroxylation sites is 1. The van der Waals surface area contributed by atoms with Crippen molar-refractivity contribution in [3.05, 3.63) is 65.9 Å². The van der Waals surface area contributed by atoms with Crippen molar-refractivity contribution in [1.29, 1.82) is 0 Å². The number of aromatic nitrogens is 1. The maximum Gasteiger partial charge on any atom is 0.218 e. The number of primary amides is 1. The minimum atomic E-state index is -0.310. The Kier molecular flexibility index (Phi) is 7.56. The van der Waals surface area contributed by atoms with Gasteiger partial charge in [0.1, 0.15) is 0 Å². The fraction of sp³-hybridized carbons (Fsp3) is 0.448. The zero-order valence-corrected chi connectivity index (χ0v) is 21.2. The van der Waals surface area contributed by atoms with Crippen LogP contribution in [-0.2, 0) is 4.79 Å². The van der Waals surface area contributed by atoms with E-state index in [9.17, 15) is 4.79 Å². The van der Waals surface area contributed by atoms with Crippen LogP contribution in [0, 0.1) is 0 Å². The summed E-state index contributed by atoms with van der Waals surface area (Å²) in [4.78, 5) is 23.0. The van der Waals surface area contributed by atoms with Crippen molar-refractivity contribution in [3.8, 4) is 0 Å². The first kappa shape index (κ1) is 24.4. The lowest BCUT2D eigenvalue weighted by molar-refractivity contribution is -0.118. The number of hydrogen-bond donors (Lipinski definition) is 4. The summed E-state index contributed by atoms with van der Waals surface area (Å²) >= 11 is 0. The third kappa shape index (κ3) is 5.90. The first-order valence-corrected chi connectivity index (χ1v) is 13.3. The minimum absolute atomic E-state index is 0.117. The summed E-state index contributed by atoms with van der Waals surface area (Å²) in [5.41, 5.74) is 9.79. The molecule has 2 aliphatic rings. The van der Waals surface area contributed by atoms with Crippen LogP contribution in [0.2, 0.25) is 0 Å². The fourth-order valence-electron chi connectivity index (χ4n) is 5.52. The van der Waals surface area contributed by atoms with Gasteiger partial charge in [-0.25, -0.2) is 4.99 Å². The van der Waals surface area contributed by atoms with Crippen LogP contribution in [0.25, 0.3) is 10.9 Å².